The molecule has 4 nitrogen and oxygen atoms in total. The maximum Gasteiger partial charge on any atom is 0.408 e. The molecule has 1 aromatic rings. The van der Waals surface area contributed by atoms with Gasteiger partial charge in [0.2, 0.25) is 5.43 Å². The molecule has 1 aromatic heterocycles. The van der Waals surface area contributed by atoms with Crippen LogP contribution in [-0.4, -0.2) is 22.8 Å². The van der Waals surface area contributed by atoms with Crippen LogP contribution in [0.1, 0.15) is 24.2 Å². The average molecular weight is 250 g/mol. The number of aromatic nitrogens is 1. The van der Waals surface area contributed by atoms with E-state index in [9.17, 15) is 23.1 Å². The number of pyridine rings is 1. The molecule has 0 aliphatic carbocycles. The first kappa shape index (κ1) is 13.6. The van der Waals surface area contributed by atoms with Crippen LogP contribution in [0.4, 0.5) is 13.2 Å². The van der Waals surface area contributed by atoms with Gasteiger partial charge in [0.25, 0.3) is 0 Å². The molecule has 1 unspecified atom stereocenters. The Kier molecular flexibility index (Phi) is 3.82. The van der Waals surface area contributed by atoms with Crippen molar-refractivity contribution in [3.63, 3.8) is 0 Å². The van der Waals surface area contributed by atoms with Gasteiger partial charge in [0.15, 0.2) is 5.75 Å². The van der Waals surface area contributed by atoms with Crippen LogP contribution in [0.25, 0.3) is 0 Å². The zero-order chi connectivity index (χ0) is 13.2. The second-order valence-corrected chi connectivity index (χ2v) is 3.58. The van der Waals surface area contributed by atoms with Gasteiger partial charge in [-0.25, -0.2) is 0 Å². The first-order valence-electron chi connectivity index (χ1n) is 5.00. The third kappa shape index (κ3) is 2.79. The van der Waals surface area contributed by atoms with Crippen LogP contribution < -0.4 is 10.7 Å². The lowest BCUT2D eigenvalue weighted by atomic mass is 10.1. The summed E-state index contributed by atoms with van der Waals surface area (Å²) in [5, 5.41) is 11.5. The highest BCUT2D eigenvalue weighted by atomic mass is 19.4. The molecule has 0 saturated heterocycles. The van der Waals surface area contributed by atoms with Gasteiger partial charge in [-0.3, -0.25) is 4.79 Å². The van der Waals surface area contributed by atoms with Gasteiger partial charge in [-0.2, -0.15) is 13.2 Å². The molecule has 0 saturated carbocycles. The number of aromatic amines is 1. The van der Waals surface area contributed by atoms with E-state index < -0.39 is 29.0 Å². The fourth-order valence-corrected chi connectivity index (χ4v) is 1.45. The third-order valence-electron chi connectivity index (χ3n) is 2.32. The number of nitrogens with one attached hydrogen (secondary N) is 2. The fraction of sp³-hybridized carbons (Fsp3) is 0.500. The molecule has 3 N–H and O–H groups in total. The SMILES string of the molecule is CCNC(c1c[nH]c(C)c(O)c1=O)C(F)(F)F. The minimum absolute atomic E-state index is 0.0538. The summed E-state index contributed by atoms with van der Waals surface area (Å²) in [6, 6.07) is -2.08. The lowest BCUT2D eigenvalue weighted by Gasteiger charge is -2.20. The lowest BCUT2D eigenvalue weighted by molar-refractivity contribution is -0.157. The van der Waals surface area contributed by atoms with E-state index in [0.717, 1.165) is 6.20 Å². The second-order valence-electron chi connectivity index (χ2n) is 3.58. The molecule has 0 spiro atoms. The van der Waals surface area contributed by atoms with E-state index in [4.69, 9.17) is 0 Å². The highest BCUT2D eigenvalue weighted by Crippen LogP contribution is 2.31. The van der Waals surface area contributed by atoms with Crippen LogP contribution in [0.2, 0.25) is 0 Å². The van der Waals surface area contributed by atoms with Gasteiger partial charge < -0.3 is 15.4 Å². The number of aryl methyl sites for hydroxylation is 1. The number of hydrogen-bond acceptors (Lipinski definition) is 3. The summed E-state index contributed by atoms with van der Waals surface area (Å²) in [6.07, 6.45) is -3.62. The van der Waals surface area contributed by atoms with E-state index in [0.29, 0.717) is 0 Å². The molecule has 7 heteroatoms. The molecule has 0 aliphatic rings. The Bertz CT molecular complexity index is 454. The number of halogens is 3. The van der Waals surface area contributed by atoms with Gasteiger partial charge in [-0.05, 0) is 13.5 Å². The van der Waals surface area contributed by atoms with E-state index >= 15 is 0 Å². The topological polar surface area (TPSA) is 65.1 Å². The van der Waals surface area contributed by atoms with Crippen molar-refractivity contribution >= 4 is 0 Å². The van der Waals surface area contributed by atoms with E-state index in [1.165, 1.54) is 13.8 Å². The Morgan fingerprint density at radius 3 is 2.59 bits per heavy atom. The zero-order valence-electron chi connectivity index (χ0n) is 9.35. The van der Waals surface area contributed by atoms with Gasteiger partial charge >= 0.3 is 6.18 Å². The number of rotatable bonds is 3. The van der Waals surface area contributed by atoms with Crippen molar-refractivity contribution in [3.8, 4) is 5.75 Å². The molecule has 1 atom stereocenters. The number of hydrogen-bond donors (Lipinski definition) is 3. The quantitative estimate of drug-likeness (QED) is 0.763. The van der Waals surface area contributed by atoms with E-state index in [1.807, 2.05) is 0 Å². The van der Waals surface area contributed by atoms with Gasteiger partial charge in [0, 0.05) is 11.8 Å². The molecule has 1 heterocycles. The summed E-state index contributed by atoms with van der Waals surface area (Å²) >= 11 is 0. The van der Waals surface area contributed by atoms with E-state index in [-0.39, 0.29) is 12.2 Å². The number of alkyl halides is 3. The minimum Gasteiger partial charge on any atom is -0.503 e. The van der Waals surface area contributed by atoms with Gasteiger partial charge in [-0.15, -0.1) is 0 Å². The minimum atomic E-state index is -4.59. The van der Waals surface area contributed by atoms with E-state index in [2.05, 4.69) is 10.3 Å². The summed E-state index contributed by atoms with van der Waals surface area (Å²) in [6.45, 7) is 2.95. The molecule has 96 valence electrons. The lowest BCUT2D eigenvalue weighted by Crippen LogP contribution is -2.37. The Labute approximate surface area is 95.5 Å². The van der Waals surface area contributed by atoms with Crippen molar-refractivity contribution in [1.29, 1.82) is 0 Å². The molecular formula is C10H13F3N2O2. The monoisotopic (exact) mass is 250 g/mol. The summed E-state index contributed by atoms with van der Waals surface area (Å²) in [5.41, 5.74) is -1.41. The number of aromatic hydroxyl groups is 1. The van der Waals surface area contributed by atoms with Crippen molar-refractivity contribution in [2.24, 2.45) is 0 Å². The summed E-state index contributed by atoms with van der Waals surface area (Å²) < 4.78 is 38.1. The van der Waals surface area contributed by atoms with Gasteiger partial charge in [0.1, 0.15) is 6.04 Å². The molecule has 1 rings (SSSR count). The van der Waals surface area contributed by atoms with Gasteiger partial charge in [0.05, 0.1) is 5.69 Å². The zero-order valence-corrected chi connectivity index (χ0v) is 9.35. The largest absolute Gasteiger partial charge is 0.503 e. The molecule has 0 fully saturated rings. The Morgan fingerprint density at radius 1 is 1.53 bits per heavy atom. The molecular weight excluding hydrogens is 237 g/mol. The smallest absolute Gasteiger partial charge is 0.408 e. The van der Waals surface area contributed by atoms with Gasteiger partial charge in [-0.1, -0.05) is 6.92 Å². The number of H-pyrrole nitrogens is 1. The third-order valence-corrected chi connectivity index (χ3v) is 2.32. The van der Waals surface area contributed by atoms with Crippen molar-refractivity contribution in [2.45, 2.75) is 26.1 Å². The van der Waals surface area contributed by atoms with Crippen molar-refractivity contribution < 1.29 is 18.3 Å². The predicted molar refractivity (Wildman–Crippen MR) is 55.9 cm³/mol. The molecule has 0 radical (unpaired) electrons. The molecule has 0 amide bonds. The highest BCUT2D eigenvalue weighted by Gasteiger charge is 2.42. The maximum atomic E-state index is 12.7. The Hall–Kier alpha value is -1.50. The standard InChI is InChI=1S/C10H13F3N2O2/c1-3-14-9(10(11,12)13)6-4-15-5(2)7(16)8(6)17/h4,9,14,16H,3H2,1-2H3,(H,15,17). The molecule has 0 aliphatic heterocycles. The first-order chi connectivity index (χ1) is 7.79. The van der Waals surface area contributed by atoms with Crippen LogP contribution in [0.5, 0.6) is 5.75 Å². The normalized spacial score (nSPS) is 13.7. The van der Waals surface area contributed by atoms with E-state index in [1.54, 1.807) is 0 Å². The summed E-state index contributed by atoms with van der Waals surface area (Å²) in [7, 11) is 0. The van der Waals surface area contributed by atoms with Crippen molar-refractivity contribution in [1.82, 2.24) is 10.3 Å². The van der Waals surface area contributed by atoms with Crippen LogP contribution >= 0.6 is 0 Å². The van der Waals surface area contributed by atoms with Crippen molar-refractivity contribution in [2.75, 3.05) is 6.54 Å². The fourth-order valence-electron chi connectivity index (χ4n) is 1.45. The van der Waals surface area contributed by atoms with Crippen LogP contribution in [-0.2, 0) is 0 Å². The Morgan fingerprint density at radius 2 is 2.12 bits per heavy atom. The van der Waals surface area contributed by atoms with Crippen molar-refractivity contribution in [3.05, 3.63) is 27.7 Å². The molecule has 17 heavy (non-hydrogen) atoms. The second kappa shape index (κ2) is 4.79. The first-order valence-corrected chi connectivity index (χ1v) is 5.00. The maximum absolute atomic E-state index is 12.7. The van der Waals surface area contributed by atoms with Crippen LogP contribution in [0.15, 0.2) is 11.0 Å². The highest BCUT2D eigenvalue weighted by molar-refractivity contribution is 5.31. The van der Waals surface area contributed by atoms with Crippen LogP contribution in [0, 0.1) is 6.92 Å². The predicted octanol–water partition coefficient (Wildman–Crippen LogP) is 1.60. The molecule has 0 bridgehead atoms. The molecule has 0 aromatic carbocycles. The van der Waals surface area contributed by atoms with Crippen LogP contribution in [0.3, 0.4) is 0 Å². The summed E-state index contributed by atoms with van der Waals surface area (Å²) in [4.78, 5) is 14.0. The summed E-state index contributed by atoms with van der Waals surface area (Å²) in [5.74, 6) is -0.686. The average Bonchev–Trinajstić information content (AvgIpc) is 2.22. The Balaban J connectivity index is 3.30.